The first kappa shape index (κ1) is 34.6. The van der Waals surface area contributed by atoms with Gasteiger partial charge in [0.15, 0.2) is 5.78 Å². The standard InChI is InChI=1S/C35H48O7/c1-32(2,3)25-27(39-13)23(28(40-14)26(33(4,5)6)29(25)42-31(38)35(10,11)12)19-20-24(36)21-15-17-22(18-16-21)41-30(37)34(7,8)9/h15-20H,1-14H3. The number of ketones is 1. The predicted octanol–water partition coefficient (Wildman–Crippen LogP) is 8.10. The lowest BCUT2D eigenvalue weighted by Gasteiger charge is -2.34. The highest BCUT2D eigenvalue weighted by Gasteiger charge is 2.38. The summed E-state index contributed by atoms with van der Waals surface area (Å²) in [5, 5.41) is 0. The van der Waals surface area contributed by atoms with E-state index in [9.17, 15) is 14.4 Å². The van der Waals surface area contributed by atoms with Gasteiger partial charge in [0.1, 0.15) is 23.0 Å². The van der Waals surface area contributed by atoms with Crippen LogP contribution in [0, 0.1) is 10.8 Å². The Balaban J connectivity index is 2.74. The fourth-order valence-corrected chi connectivity index (χ4v) is 4.19. The maximum Gasteiger partial charge on any atom is 0.316 e. The second-order valence-corrected chi connectivity index (χ2v) is 14.6. The Morgan fingerprint density at radius 2 is 1.00 bits per heavy atom. The molecule has 0 aromatic heterocycles. The number of rotatable bonds is 7. The molecule has 42 heavy (non-hydrogen) atoms. The first-order chi connectivity index (χ1) is 19.0. The van der Waals surface area contributed by atoms with Gasteiger partial charge in [-0.25, -0.2) is 0 Å². The average molecular weight is 581 g/mol. The molecule has 0 aliphatic carbocycles. The SMILES string of the molecule is COc1c(C=CC(=O)c2ccc(OC(=O)C(C)(C)C)cc2)c(OC)c(C(C)(C)C)c(OC(=O)C(C)(C)C)c1C(C)(C)C. The van der Waals surface area contributed by atoms with Crippen molar-refractivity contribution in [2.45, 2.75) is 93.9 Å². The molecule has 0 radical (unpaired) electrons. The molecule has 7 nitrogen and oxygen atoms in total. The molecule has 0 amide bonds. The molecule has 0 bridgehead atoms. The Labute approximate surface area is 251 Å². The summed E-state index contributed by atoms with van der Waals surface area (Å²) in [6.07, 6.45) is 3.13. The second-order valence-electron chi connectivity index (χ2n) is 14.6. The van der Waals surface area contributed by atoms with Crippen molar-refractivity contribution in [3.63, 3.8) is 0 Å². The summed E-state index contributed by atoms with van der Waals surface area (Å²) in [6, 6.07) is 6.42. The summed E-state index contributed by atoms with van der Waals surface area (Å²) < 4.78 is 23.5. The summed E-state index contributed by atoms with van der Waals surface area (Å²) in [4.78, 5) is 38.7. The first-order valence-electron chi connectivity index (χ1n) is 14.1. The van der Waals surface area contributed by atoms with Crippen molar-refractivity contribution in [3.05, 3.63) is 52.6 Å². The third-order valence-corrected chi connectivity index (χ3v) is 6.48. The number of esters is 2. The molecule has 2 aromatic rings. The average Bonchev–Trinajstić information content (AvgIpc) is 2.84. The summed E-state index contributed by atoms with van der Waals surface area (Å²) in [7, 11) is 3.10. The zero-order chi connectivity index (χ0) is 32.4. The number of ether oxygens (including phenoxy) is 4. The van der Waals surface area contributed by atoms with Crippen LogP contribution < -0.4 is 18.9 Å². The van der Waals surface area contributed by atoms with E-state index in [1.54, 1.807) is 86.1 Å². The minimum Gasteiger partial charge on any atom is -0.496 e. The van der Waals surface area contributed by atoms with Gasteiger partial charge in [-0.2, -0.15) is 0 Å². The van der Waals surface area contributed by atoms with Gasteiger partial charge in [0.25, 0.3) is 0 Å². The molecule has 0 saturated carbocycles. The Morgan fingerprint density at radius 1 is 0.595 bits per heavy atom. The van der Waals surface area contributed by atoms with Crippen molar-refractivity contribution < 1.29 is 33.3 Å². The van der Waals surface area contributed by atoms with E-state index >= 15 is 0 Å². The van der Waals surface area contributed by atoms with Gasteiger partial charge >= 0.3 is 11.9 Å². The van der Waals surface area contributed by atoms with E-state index < -0.39 is 21.7 Å². The van der Waals surface area contributed by atoms with Crippen molar-refractivity contribution >= 4 is 23.8 Å². The molecular weight excluding hydrogens is 532 g/mol. The van der Waals surface area contributed by atoms with Gasteiger partial charge in [0.2, 0.25) is 0 Å². The lowest BCUT2D eigenvalue weighted by molar-refractivity contribution is -0.143. The normalized spacial score (nSPS) is 12.7. The van der Waals surface area contributed by atoms with Crippen molar-refractivity contribution in [2.24, 2.45) is 10.8 Å². The van der Waals surface area contributed by atoms with Crippen LogP contribution in [0.25, 0.3) is 6.08 Å². The number of hydrogen-bond donors (Lipinski definition) is 0. The van der Waals surface area contributed by atoms with E-state index in [4.69, 9.17) is 18.9 Å². The highest BCUT2D eigenvalue weighted by Crippen LogP contribution is 2.53. The fraction of sp³-hybridized carbons (Fsp3) is 0.514. The lowest BCUT2D eigenvalue weighted by atomic mass is 9.76. The molecule has 0 aliphatic rings. The smallest absolute Gasteiger partial charge is 0.316 e. The van der Waals surface area contributed by atoms with Crippen molar-refractivity contribution in [1.29, 1.82) is 0 Å². The van der Waals surface area contributed by atoms with E-state index in [-0.39, 0.29) is 17.7 Å². The van der Waals surface area contributed by atoms with Crippen LogP contribution in [0.5, 0.6) is 23.0 Å². The Kier molecular flexibility index (Phi) is 10.1. The molecule has 2 rings (SSSR count). The van der Waals surface area contributed by atoms with Crippen LogP contribution in [0.15, 0.2) is 30.3 Å². The molecule has 0 saturated heterocycles. The highest BCUT2D eigenvalue weighted by molar-refractivity contribution is 6.07. The van der Waals surface area contributed by atoms with Gasteiger partial charge in [-0.3, -0.25) is 14.4 Å². The fourth-order valence-electron chi connectivity index (χ4n) is 4.19. The molecule has 0 spiro atoms. The number of hydrogen-bond acceptors (Lipinski definition) is 7. The molecule has 0 atom stereocenters. The predicted molar refractivity (Wildman–Crippen MR) is 167 cm³/mol. The van der Waals surface area contributed by atoms with Crippen LogP contribution in [0.2, 0.25) is 0 Å². The first-order valence-corrected chi connectivity index (χ1v) is 14.1. The molecular formula is C35H48O7. The van der Waals surface area contributed by atoms with Crippen LogP contribution in [0.3, 0.4) is 0 Å². The van der Waals surface area contributed by atoms with Crippen molar-refractivity contribution in [1.82, 2.24) is 0 Å². The monoisotopic (exact) mass is 580 g/mol. The molecule has 7 heteroatoms. The van der Waals surface area contributed by atoms with Crippen LogP contribution in [0.1, 0.15) is 110 Å². The van der Waals surface area contributed by atoms with Gasteiger partial charge < -0.3 is 18.9 Å². The van der Waals surface area contributed by atoms with Gasteiger partial charge in [-0.15, -0.1) is 0 Å². The topological polar surface area (TPSA) is 88.1 Å². The number of methoxy groups -OCH3 is 2. The lowest BCUT2D eigenvalue weighted by Crippen LogP contribution is -2.30. The molecule has 0 unspecified atom stereocenters. The molecule has 230 valence electrons. The molecule has 0 aliphatic heterocycles. The van der Waals surface area contributed by atoms with E-state index in [0.29, 0.717) is 45.3 Å². The van der Waals surface area contributed by atoms with Crippen LogP contribution in [0.4, 0.5) is 0 Å². The maximum absolute atomic E-state index is 13.3. The molecule has 0 heterocycles. The summed E-state index contributed by atoms with van der Waals surface area (Å²) in [5.74, 6) is 0.691. The van der Waals surface area contributed by atoms with Gasteiger partial charge in [-0.1, -0.05) is 41.5 Å². The minimum absolute atomic E-state index is 0.259. The van der Waals surface area contributed by atoms with E-state index in [2.05, 4.69) is 0 Å². The number of carbonyl (C=O) groups excluding carboxylic acids is 3. The summed E-state index contributed by atoms with van der Waals surface area (Å²) in [6.45, 7) is 22.9. The third kappa shape index (κ3) is 8.02. The molecule has 0 fully saturated rings. The summed E-state index contributed by atoms with van der Waals surface area (Å²) in [5.41, 5.74) is -0.00632. The van der Waals surface area contributed by atoms with E-state index in [1.807, 2.05) is 41.5 Å². The Hall–Kier alpha value is -3.61. The minimum atomic E-state index is -0.740. The number of allylic oxidation sites excluding steroid dienone is 1. The summed E-state index contributed by atoms with van der Waals surface area (Å²) >= 11 is 0. The van der Waals surface area contributed by atoms with Crippen LogP contribution in [-0.4, -0.2) is 31.9 Å². The number of benzene rings is 2. The van der Waals surface area contributed by atoms with E-state index in [0.717, 1.165) is 0 Å². The maximum atomic E-state index is 13.3. The Bertz CT molecular complexity index is 1310. The molecule has 0 N–H and O–H groups in total. The second kappa shape index (κ2) is 12.3. The van der Waals surface area contributed by atoms with Gasteiger partial charge in [-0.05, 0) is 88.8 Å². The van der Waals surface area contributed by atoms with Crippen molar-refractivity contribution in [3.8, 4) is 23.0 Å². The zero-order valence-corrected chi connectivity index (χ0v) is 27.8. The van der Waals surface area contributed by atoms with Gasteiger partial charge in [0.05, 0.1) is 30.6 Å². The van der Waals surface area contributed by atoms with Gasteiger partial charge in [0, 0.05) is 16.7 Å². The van der Waals surface area contributed by atoms with Crippen LogP contribution in [-0.2, 0) is 20.4 Å². The van der Waals surface area contributed by atoms with Crippen molar-refractivity contribution in [2.75, 3.05) is 14.2 Å². The third-order valence-electron chi connectivity index (χ3n) is 6.48. The number of carbonyl (C=O) groups is 3. The molecule has 2 aromatic carbocycles. The zero-order valence-electron chi connectivity index (χ0n) is 27.8. The van der Waals surface area contributed by atoms with E-state index in [1.165, 1.54) is 6.08 Å². The quantitative estimate of drug-likeness (QED) is 0.141. The Morgan fingerprint density at radius 3 is 1.36 bits per heavy atom. The van der Waals surface area contributed by atoms with Crippen LogP contribution >= 0.6 is 0 Å². The highest BCUT2D eigenvalue weighted by atomic mass is 16.5. The largest absolute Gasteiger partial charge is 0.496 e.